The summed E-state index contributed by atoms with van der Waals surface area (Å²) in [5, 5.41) is 4.23. The Bertz CT molecular complexity index is 1010. The fourth-order valence-corrected chi connectivity index (χ4v) is 6.00. The molecule has 3 rings (SSSR count). The van der Waals surface area contributed by atoms with Crippen LogP contribution in [0.1, 0.15) is 41.5 Å². The van der Waals surface area contributed by atoms with E-state index >= 15 is 0 Å². The molecule has 11 heteroatoms. The van der Waals surface area contributed by atoms with Gasteiger partial charge in [-0.3, -0.25) is 0 Å². The molecule has 33 heavy (non-hydrogen) atoms. The Balaban J connectivity index is 2.00. The molecular formula is C22H30BF5NO2PS. The first-order chi connectivity index (χ1) is 14.9. The SMILES string of the molecule is CCP(CC)c1ccc(Nc2ccc(S(F)(F)(F)(F)F)cc2)c(B2OC(C)(C)C(C)(C)O2)c1. The Morgan fingerprint density at radius 2 is 1.36 bits per heavy atom. The Morgan fingerprint density at radius 3 is 1.82 bits per heavy atom. The highest BCUT2D eigenvalue weighted by Crippen LogP contribution is 3.02. The average Bonchev–Trinajstić information content (AvgIpc) is 2.89. The summed E-state index contributed by atoms with van der Waals surface area (Å²) in [6.07, 6.45) is 2.02. The van der Waals surface area contributed by atoms with Crippen molar-refractivity contribution in [2.45, 2.75) is 57.6 Å². The van der Waals surface area contributed by atoms with Gasteiger partial charge in [0.1, 0.15) is 4.90 Å². The van der Waals surface area contributed by atoms with E-state index in [9.17, 15) is 19.4 Å². The van der Waals surface area contributed by atoms with E-state index in [1.807, 2.05) is 45.9 Å². The lowest BCUT2D eigenvalue weighted by molar-refractivity contribution is 0.00578. The summed E-state index contributed by atoms with van der Waals surface area (Å²) in [6.45, 7) is 12.0. The molecule has 1 N–H and O–H groups in total. The van der Waals surface area contributed by atoms with Crippen molar-refractivity contribution in [2.24, 2.45) is 0 Å². The predicted octanol–water partition coefficient (Wildman–Crippen LogP) is 7.53. The van der Waals surface area contributed by atoms with E-state index in [2.05, 4.69) is 19.2 Å². The van der Waals surface area contributed by atoms with E-state index in [4.69, 9.17) is 9.31 Å². The Kier molecular flexibility index (Phi) is 6.24. The molecule has 0 saturated carbocycles. The fourth-order valence-electron chi connectivity index (χ4n) is 3.57. The first-order valence-electron chi connectivity index (χ1n) is 10.7. The van der Waals surface area contributed by atoms with Crippen LogP contribution in [0.15, 0.2) is 47.4 Å². The minimum Gasteiger partial charge on any atom is -0.399 e. The Labute approximate surface area is 194 Å². The van der Waals surface area contributed by atoms with Crippen molar-refractivity contribution < 1.29 is 28.7 Å². The van der Waals surface area contributed by atoms with Crippen molar-refractivity contribution in [1.29, 1.82) is 0 Å². The van der Waals surface area contributed by atoms with Crippen molar-refractivity contribution in [3.63, 3.8) is 0 Å². The third-order valence-electron chi connectivity index (χ3n) is 6.25. The van der Waals surface area contributed by atoms with Gasteiger partial charge in [-0.1, -0.05) is 53.3 Å². The van der Waals surface area contributed by atoms with Gasteiger partial charge in [0.25, 0.3) is 0 Å². The summed E-state index contributed by atoms with van der Waals surface area (Å²) in [7, 11) is -10.8. The monoisotopic (exact) mass is 509 g/mol. The summed E-state index contributed by atoms with van der Waals surface area (Å²) < 4.78 is 77.7. The van der Waals surface area contributed by atoms with Gasteiger partial charge in [-0.15, -0.1) is 0 Å². The van der Waals surface area contributed by atoms with Crippen LogP contribution in [0, 0.1) is 0 Å². The van der Waals surface area contributed by atoms with Gasteiger partial charge in [0.2, 0.25) is 0 Å². The molecule has 0 atom stereocenters. The number of rotatable bonds is 7. The Hall–Kier alpha value is -1.35. The second-order valence-corrected chi connectivity index (χ2v) is 14.4. The molecule has 1 fully saturated rings. The van der Waals surface area contributed by atoms with Gasteiger partial charge in [-0.2, -0.15) is 0 Å². The maximum absolute atomic E-state index is 13.1. The molecule has 1 aliphatic heterocycles. The molecule has 3 nitrogen and oxygen atoms in total. The van der Waals surface area contributed by atoms with Crippen LogP contribution in [0.4, 0.5) is 30.8 Å². The van der Waals surface area contributed by atoms with Gasteiger partial charge in [0, 0.05) is 16.8 Å². The number of anilines is 2. The zero-order valence-electron chi connectivity index (χ0n) is 19.6. The van der Waals surface area contributed by atoms with Crippen LogP contribution >= 0.6 is 18.1 Å². The number of nitrogens with one attached hydrogen (secondary N) is 1. The van der Waals surface area contributed by atoms with Crippen molar-refractivity contribution in [3.05, 3.63) is 42.5 Å². The van der Waals surface area contributed by atoms with E-state index in [1.165, 1.54) is 5.30 Å². The first-order valence-corrected chi connectivity index (χ1v) is 14.4. The zero-order valence-corrected chi connectivity index (χ0v) is 21.3. The van der Waals surface area contributed by atoms with E-state index in [0.29, 0.717) is 17.8 Å². The number of hydrogen-bond donors (Lipinski definition) is 1. The first kappa shape index (κ1) is 26.3. The number of halogens is 5. The topological polar surface area (TPSA) is 30.5 Å². The van der Waals surface area contributed by atoms with Crippen LogP contribution in [-0.4, -0.2) is 30.6 Å². The van der Waals surface area contributed by atoms with Crippen molar-refractivity contribution >= 4 is 47.4 Å². The minimum absolute atomic E-state index is 0.249. The molecule has 0 aromatic heterocycles. The quantitative estimate of drug-likeness (QED) is 0.238. The molecule has 2 aromatic carbocycles. The normalized spacial score (nSPS) is 19.9. The van der Waals surface area contributed by atoms with E-state index in [0.717, 1.165) is 29.9 Å². The average molecular weight is 509 g/mol. The molecule has 1 aliphatic rings. The van der Waals surface area contributed by atoms with Gasteiger partial charge in [0.15, 0.2) is 0 Å². The predicted molar refractivity (Wildman–Crippen MR) is 131 cm³/mol. The molecule has 2 aromatic rings. The van der Waals surface area contributed by atoms with Gasteiger partial charge < -0.3 is 14.6 Å². The second-order valence-electron chi connectivity index (χ2n) is 9.15. The van der Waals surface area contributed by atoms with Gasteiger partial charge in [0.05, 0.1) is 11.2 Å². The van der Waals surface area contributed by atoms with Crippen molar-refractivity contribution in [1.82, 2.24) is 0 Å². The summed E-state index contributed by atoms with van der Waals surface area (Å²) in [5.74, 6) is 0. The van der Waals surface area contributed by atoms with Gasteiger partial charge in [-0.25, -0.2) is 0 Å². The van der Waals surface area contributed by atoms with Crippen LogP contribution in [0.5, 0.6) is 0 Å². The lowest BCUT2D eigenvalue weighted by Crippen LogP contribution is -2.41. The summed E-state index contributed by atoms with van der Waals surface area (Å²) in [6, 6.07) is 8.65. The zero-order chi connectivity index (χ0) is 24.9. The van der Waals surface area contributed by atoms with Crippen molar-refractivity contribution in [3.8, 4) is 0 Å². The highest BCUT2D eigenvalue weighted by molar-refractivity contribution is 8.45. The Morgan fingerprint density at radius 1 is 0.848 bits per heavy atom. The lowest BCUT2D eigenvalue weighted by atomic mass is 9.77. The van der Waals surface area contributed by atoms with Gasteiger partial charge in [-0.05, 0) is 75.7 Å². The minimum atomic E-state index is -9.72. The molecule has 0 amide bonds. The molecule has 0 aliphatic carbocycles. The third kappa shape index (κ3) is 5.67. The molecule has 1 saturated heterocycles. The van der Waals surface area contributed by atoms with E-state index in [1.54, 1.807) is 0 Å². The molecule has 184 valence electrons. The maximum Gasteiger partial charge on any atom is 0.497 e. The third-order valence-corrected chi connectivity index (χ3v) is 9.95. The van der Waals surface area contributed by atoms with Gasteiger partial charge >= 0.3 is 17.3 Å². The number of benzene rings is 2. The smallest absolute Gasteiger partial charge is 0.399 e. The standard InChI is InChI=1S/C22H30BF5NO2PS/c1-7-32(8-2)17-11-14-20(19(15-17)23-30-21(3,4)22(5,6)31-23)29-16-9-12-18(13-10-16)33(24,25,26,27)28/h9-15,29H,7-8H2,1-6H3. The number of hydrogen-bond acceptors (Lipinski definition) is 3. The summed E-state index contributed by atoms with van der Waals surface area (Å²) in [5.41, 5.74) is 0.402. The largest absolute Gasteiger partial charge is 0.497 e. The van der Waals surface area contributed by atoms with Crippen molar-refractivity contribution in [2.75, 3.05) is 17.6 Å². The molecule has 1 heterocycles. The van der Waals surface area contributed by atoms with Crippen LogP contribution in [0.25, 0.3) is 0 Å². The summed E-state index contributed by atoms with van der Waals surface area (Å²) in [4.78, 5) is -1.92. The van der Waals surface area contributed by atoms with Crippen LogP contribution < -0.4 is 16.1 Å². The molecule has 0 radical (unpaired) electrons. The van der Waals surface area contributed by atoms with E-state index < -0.39 is 33.4 Å². The molecular weight excluding hydrogens is 479 g/mol. The maximum atomic E-state index is 13.1. The highest BCUT2D eigenvalue weighted by atomic mass is 32.5. The molecule has 0 unspecified atom stereocenters. The van der Waals surface area contributed by atoms with Crippen LogP contribution in [0.3, 0.4) is 0 Å². The van der Waals surface area contributed by atoms with E-state index in [-0.39, 0.29) is 13.6 Å². The highest BCUT2D eigenvalue weighted by Gasteiger charge is 2.65. The second kappa shape index (κ2) is 7.84. The fraction of sp³-hybridized carbons (Fsp3) is 0.455. The molecule has 0 bridgehead atoms. The summed E-state index contributed by atoms with van der Waals surface area (Å²) >= 11 is 0. The van der Waals surface area contributed by atoms with Crippen LogP contribution in [-0.2, 0) is 9.31 Å². The molecule has 0 spiro atoms. The lowest BCUT2D eigenvalue weighted by Gasteiger charge is -2.40. The van der Waals surface area contributed by atoms with Crippen LogP contribution in [0.2, 0.25) is 0 Å².